The molecule has 7 aliphatic rings. The van der Waals surface area contributed by atoms with Crippen molar-refractivity contribution in [1.29, 1.82) is 0 Å². The molecule has 1 heterocycles. The maximum atomic E-state index is 13.7. The molecule has 10 nitrogen and oxygen atoms in total. The minimum absolute atomic E-state index is 0.0410. The van der Waals surface area contributed by atoms with Crippen molar-refractivity contribution in [2.24, 2.45) is 29.6 Å². The number of esters is 4. The molecule has 10 unspecified atom stereocenters. The summed E-state index contributed by atoms with van der Waals surface area (Å²) in [4.78, 5) is 50.7. The molecule has 1 saturated heterocycles. The summed E-state index contributed by atoms with van der Waals surface area (Å²) in [5.74, 6) is -9.21. The van der Waals surface area contributed by atoms with Crippen LogP contribution < -0.4 is 0 Å². The number of carbonyl (C=O) groups excluding carboxylic acids is 4. The molecule has 222 valence electrons. The fourth-order valence-electron chi connectivity index (χ4n) is 9.01. The van der Waals surface area contributed by atoms with E-state index in [0.29, 0.717) is 32.6 Å². The lowest BCUT2D eigenvalue weighted by Crippen LogP contribution is -2.68. The molecule has 10 atom stereocenters. The topological polar surface area (TPSA) is 135 Å². The Kier molecular flexibility index (Phi) is 5.97. The van der Waals surface area contributed by atoms with Gasteiger partial charge in [-0.15, -0.1) is 0 Å². The fraction of sp³-hybridized carbons (Fsp3) is 0.857. The summed E-state index contributed by atoms with van der Waals surface area (Å²) < 4.78 is 55.6. The Morgan fingerprint density at radius 2 is 1.70 bits per heavy atom. The minimum Gasteiger partial charge on any atom is -0.460 e. The predicted octanol–water partition coefficient (Wildman–Crippen LogP) is 2.47. The molecule has 6 aliphatic carbocycles. The molecular weight excluding hydrogens is 534 g/mol. The second kappa shape index (κ2) is 8.59. The normalized spacial score (nSPS) is 44.5. The summed E-state index contributed by atoms with van der Waals surface area (Å²) in [6, 6.07) is 0. The number of aliphatic hydroxyl groups is 1. The molecule has 0 radical (unpaired) electrons. The van der Waals surface area contributed by atoms with E-state index < -0.39 is 88.8 Å². The summed E-state index contributed by atoms with van der Waals surface area (Å²) >= 11 is 0. The highest BCUT2D eigenvalue weighted by atomic mass is 19.3. The second-order valence-corrected chi connectivity index (χ2v) is 14.2. The number of alkyl halides is 2. The van der Waals surface area contributed by atoms with Crippen LogP contribution in [0.4, 0.5) is 8.78 Å². The van der Waals surface area contributed by atoms with Crippen LogP contribution in [0.3, 0.4) is 0 Å². The smallest absolute Gasteiger partial charge is 0.377 e. The van der Waals surface area contributed by atoms with Gasteiger partial charge >= 0.3 is 29.8 Å². The van der Waals surface area contributed by atoms with Crippen molar-refractivity contribution in [2.45, 2.75) is 113 Å². The van der Waals surface area contributed by atoms with E-state index in [-0.39, 0.29) is 31.1 Å². The van der Waals surface area contributed by atoms with E-state index in [1.165, 1.54) is 0 Å². The third kappa shape index (κ3) is 4.59. The zero-order chi connectivity index (χ0) is 29.0. The van der Waals surface area contributed by atoms with E-state index in [4.69, 9.17) is 23.7 Å². The molecule has 0 aromatic heterocycles. The van der Waals surface area contributed by atoms with E-state index in [0.717, 1.165) is 0 Å². The molecule has 40 heavy (non-hydrogen) atoms. The molecule has 7 fully saturated rings. The highest BCUT2D eigenvalue weighted by Gasteiger charge is 2.71. The van der Waals surface area contributed by atoms with E-state index in [1.54, 1.807) is 20.8 Å². The minimum atomic E-state index is -3.68. The Morgan fingerprint density at radius 1 is 1.02 bits per heavy atom. The van der Waals surface area contributed by atoms with Crippen LogP contribution in [0, 0.1) is 29.6 Å². The number of halogens is 2. The summed E-state index contributed by atoms with van der Waals surface area (Å²) in [6.07, 6.45) is 0.629. The molecule has 12 heteroatoms. The van der Waals surface area contributed by atoms with Gasteiger partial charge in [-0.25, -0.2) is 9.59 Å². The van der Waals surface area contributed by atoms with Crippen LogP contribution >= 0.6 is 0 Å². The van der Waals surface area contributed by atoms with Gasteiger partial charge in [0.05, 0.1) is 23.0 Å². The lowest BCUT2D eigenvalue weighted by Gasteiger charge is -2.63. The van der Waals surface area contributed by atoms with E-state index in [2.05, 4.69) is 0 Å². The quantitative estimate of drug-likeness (QED) is 0.359. The summed E-state index contributed by atoms with van der Waals surface area (Å²) in [5.41, 5.74) is -4.35. The molecule has 0 spiro atoms. The van der Waals surface area contributed by atoms with Crippen molar-refractivity contribution in [3.8, 4) is 0 Å². The number of carbonyl (C=O) groups is 4. The van der Waals surface area contributed by atoms with Gasteiger partial charge in [-0.2, -0.15) is 8.78 Å². The maximum absolute atomic E-state index is 13.7. The van der Waals surface area contributed by atoms with Crippen molar-refractivity contribution in [2.75, 3.05) is 6.61 Å². The Bertz CT molecular complexity index is 1140. The van der Waals surface area contributed by atoms with Crippen molar-refractivity contribution < 1.29 is 56.7 Å². The molecule has 6 bridgehead atoms. The van der Waals surface area contributed by atoms with Crippen molar-refractivity contribution >= 4 is 23.9 Å². The Balaban J connectivity index is 1.13. The fourth-order valence-corrected chi connectivity index (χ4v) is 9.01. The van der Waals surface area contributed by atoms with Crippen LogP contribution in [-0.4, -0.2) is 76.1 Å². The van der Waals surface area contributed by atoms with Crippen LogP contribution in [-0.2, 0) is 42.9 Å². The van der Waals surface area contributed by atoms with Gasteiger partial charge in [0.2, 0.25) is 0 Å². The zero-order valence-corrected chi connectivity index (χ0v) is 23.1. The van der Waals surface area contributed by atoms with Gasteiger partial charge in [-0.1, -0.05) is 0 Å². The predicted molar refractivity (Wildman–Crippen MR) is 128 cm³/mol. The molecule has 0 aromatic carbocycles. The molecule has 0 amide bonds. The van der Waals surface area contributed by atoms with Crippen LogP contribution in [0.15, 0.2) is 0 Å². The highest BCUT2D eigenvalue weighted by molar-refractivity contribution is 5.86. The van der Waals surface area contributed by atoms with E-state index in [9.17, 15) is 33.1 Å². The first-order valence-electron chi connectivity index (χ1n) is 14.0. The highest BCUT2D eigenvalue weighted by Crippen LogP contribution is 2.62. The first-order chi connectivity index (χ1) is 18.4. The van der Waals surface area contributed by atoms with Crippen molar-refractivity contribution in [3.63, 3.8) is 0 Å². The van der Waals surface area contributed by atoms with Gasteiger partial charge in [0.1, 0.15) is 30.0 Å². The van der Waals surface area contributed by atoms with Gasteiger partial charge in [-0.3, -0.25) is 9.59 Å². The maximum Gasteiger partial charge on any atom is 0.377 e. The largest absolute Gasteiger partial charge is 0.460 e. The van der Waals surface area contributed by atoms with Crippen molar-refractivity contribution in [3.05, 3.63) is 0 Å². The Labute approximate surface area is 230 Å². The first-order valence-corrected chi connectivity index (χ1v) is 14.0. The van der Waals surface area contributed by atoms with Crippen LogP contribution in [0.1, 0.15) is 72.6 Å². The molecule has 0 aromatic rings. The number of fused-ring (bicyclic) bond motifs is 1. The van der Waals surface area contributed by atoms with E-state index >= 15 is 0 Å². The van der Waals surface area contributed by atoms with Crippen LogP contribution in [0.2, 0.25) is 0 Å². The molecule has 1 aliphatic heterocycles. The number of hydrogen-bond donors (Lipinski definition) is 1. The lowest BCUT2D eigenvalue weighted by atomic mass is 9.50. The summed E-state index contributed by atoms with van der Waals surface area (Å²) in [5, 5.41) is 11.2. The van der Waals surface area contributed by atoms with Gasteiger partial charge in [0.15, 0.2) is 0 Å². The van der Waals surface area contributed by atoms with Gasteiger partial charge in [0, 0.05) is 38.0 Å². The standard InChI is InChI=1S/C28H36F2O10/c1-24(2,3)39-22(33)18-15-5-14-17(18)21(32)38-20(14)19(15)37-16(31)9-36-27-7-13-6-26(35,10-27)11-28(8-13,12-27)40-23(34)25(4,29)30/h13-15,17-20,35H,5-12H2,1-4H3. The number of ether oxygens (including phenoxy) is 5. The van der Waals surface area contributed by atoms with Crippen molar-refractivity contribution in [1.82, 2.24) is 0 Å². The Hall–Kier alpha value is -2.34. The van der Waals surface area contributed by atoms with Gasteiger partial charge in [0.25, 0.3) is 0 Å². The third-order valence-electron chi connectivity index (χ3n) is 9.59. The first kappa shape index (κ1) is 27.8. The SMILES string of the molecule is CC(C)(C)OC(=O)C1C2CC3C(OC(=O)C31)C2OC(=O)COC12CC3CC(O)(C1)CC(OC(=O)C(C)(F)F)(C3)C2. The second-order valence-electron chi connectivity index (χ2n) is 14.2. The monoisotopic (exact) mass is 570 g/mol. The Morgan fingerprint density at radius 3 is 2.35 bits per heavy atom. The zero-order valence-electron chi connectivity index (χ0n) is 23.1. The van der Waals surface area contributed by atoms with Crippen LogP contribution in [0.25, 0.3) is 0 Å². The average Bonchev–Trinajstić information content (AvgIpc) is 3.38. The molecular formula is C28H36F2O10. The summed E-state index contributed by atoms with van der Waals surface area (Å²) in [6.45, 7) is 5.19. The number of rotatable bonds is 7. The third-order valence-corrected chi connectivity index (χ3v) is 9.59. The van der Waals surface area contributed by atoms with E-state index in [1.807, 2.05) is 0 Å². The molecule has 6 saturated carbocycles. The average molecular weight is 571 g/mol. The molecule has 1 N–H and O–H groups in total. The molecule has 7 rings (SSSR count). The lowest BCUT2D eigenvalue weighted by molar-refractivity contribution is -0.279. The van der Waals surface area contributed by atoms with Gasteiger partial charge < -0.3 is 28.8 Å². The number of hydrogen-bond acceptors (Lipinski definition) is 10. The summed E-state index contributed by atoms with van der Waals surface area (Å²) in [7, 11) is 0. The van der Waals surface area contributed by atoms with Gasteiger partial charge in [-0.05, 0) is 52.4 Å². The van der Waals surface area contributed by atoms with Crippen LogP contribution in [0.5, 0.6) is 0 Å².